The molecule has 2 rings (SSSR count). The molecule has 0 spiro atoms. The Kier molecular flexibility index (Phi) is 4.66. The molecular weight excluding hydrogens is 240 g/mol. The summed E-state index contributed by atoms with van der Waals surface area (Å²) < 4.78 is 0. The van der Waals surface area contributed by atoms with Crippen molar-refractivity contribution in [3.8, 4) is 11.5 Å². The summed E-state index contributed by atoms with van der Waals surface area (Å²) in [6.45, 7) is 8.28. The molecule has 1 saturated heterocycles. The van der Waals surface area contributed by atoms with Gasteiger partial charge < -0.3 is 15.5 Å². The Balaban J connectivity index is 2.33. The lowest BCUT2D eigenvalue weighted by Gasteiger charge is -2.38. The number of nitrogens with one attached hydrogen (secondary N) is 1. The number of rotatable bonds is 4. The molecule has 1 aliphatic rings. The lowest BCUT2D eigenvalue weighted by molar-refractivity contribution is 0.126. The number of nitrogens with zero attached hydrogens (tertiary/aromatic N) is 1. The van der Waals surface area contributed by atoms with Crippen LogP contribution in [0.5, 0.6) is 11.5 Å². The van der Waals surface area contributed by atoms with Crippen LogP contribution < -0.4 is 5.32 Å². The molecule has 0 radical (unpaired) electrons. The minimum Gasteiger partial charge on any atom is -0.508 e. The number of phenolic OH excluding ortho intramolecular Hbond substituents is 2. The third kappa shape index (κ3) is 3.19. The molecular formula is C15H24N2O2. The molecule has 1 aliphatic heterocycles. The standard InChI is InChI=1S/C15H24N2O2/c1-3-11(2)15(17-8-6-16-7-9-17)13-10-12(18)4-5-14(13)19/h4-5,10-11,15-16,18-19H,3,6-9H2,1-2H3/t11?,15-/m1/s1. The van der Waals surface area contributed by atoms with Crippen LogP contribution in [0.25, 0.3) is 0 Å². The van der Waals surface area contributed by atoms with Crippen molar-refractivity contribution in [2.45, 2.75) is 26.3 Å². The predicted octanol–water partition coefficient (Wildman–Crippen LogP) is 2.09. The maximum atomic E-state index is 10.1. The van der Waals surface area contributed by atoms with Crippen molar-refractivity contribution in [2.75, 3.05) is 26.2 Å². The van der Waals surface area contributed by atoms with Crippen LogP contribution in [0.15, 0.2) is 18.2 Å². The summed E-state index contributed by atoms with van der Waals surface area (Å²) >= 11 is 0. The van der Waals surface area contributed by atoms with Gasteiger partial charge in [-0.1, -0.05) is 20.3 Å². The second kappa shape index (κ2) is 6.26. The molecule has 1 aromatic rings. The fourth-order valence-electron chi connectivity index (χ4n) is 2.83. The highest BCUT2D eigenvalue weighted by Gasteiger charge is 2.28. The molecule has 0 aliphatic carbocycles. The molecule has 0 saturated carbocycles. The summed E-state index contributed by atoms with van der Waals surface area (Å²) in [7, 11) is 0. The van der Waals surface area contributed by atoms with Crippen LogP contribution in [0.4, 0.5) is 0 Å². The van der Waals surface area contributed by atoms with Crippen molar-refractivity contribution in [1.82, 2.24) is 10.2 Å². The molecule has 0 amide bonds. The molecule has 1 fully saturated rings. The van der Waals surface area contributed by atoms with Crippen molar-refractivity contribution in [1.29, 1.82) is 0 Å². The van der Waals surface area contributed by atoms with Crippen molar-refractivity contribution in [2.24, 2.45) is 5.92 Å². The Morgan fingerprint density at radius 1 is 1.26 bits per heavy atom. The van der Waals surface area contributed by atoms with Gasteiger partial charge in [-0.2, -0.15) is 0 Å². The maximum absolute atomic E-state index is 10.1. The Hall–Kier alpha value is -1.26. The zero-order valence-corrected chi connectivity index (χ0v) is 11.8. The van der Waals surface area contributed by atoms with Gasteiger partial charge in [0.25, 0.3) is 0 Å². The Morgan fingerprint density at radius 3 is 2.58 bits per heavy atom. The molecule has 1 aromatic carbocycles. The van der Waals surface area contributed by atoms with Crippen molar-refractivity contribution >= 4 is 0 Å². The lowest BCUT2D eigenvalue weighted by Crippen LogP contribution is -2.46. The van der Waals surface area contributed by atoms with Crippen LogP contribution in [-0.2, 0) is 0 Å². The second-order valence-corrected chi connectivity index (χ2v) is 5.36. The maximum Gasteiger partial charge on any atom is 0.120 e. The van der Waals surface area contributed by atoms with E-state index in [0.717, 1.165) is 38.2 Å². The summed E-state index contributed by atoms with van der Waals surface area (Å²) in [5.74, 6) is 0.934. The summed E-state index contributed by atoms with van der Waals surface area (Å²) in [5, 5.41) is 23.2. The first-order chi connectivity index (χ1) is 9.13. The molecule has 1 unspecified atom stereocenters. The summed E-state index contributed by atoms with van der Waals surface area (Å²) in [6, 6.07) is 4.99. The summed E-state index contributed by atoms with van der Waals surface area (Å²) in [6.07, 6.45) is 1.05. The quantitative estimate of drug-likeness (QED) is 0.729. The van der Waals surface area contributed by atoms with Crippen molar-refractivity contribution in [3.05, 3.63) is 23.8 Å². The van der Waals surface area contributed by atoms with E-state index in [1.807, 2.05) is 0 Å². The summed E-state index contributed by atoms with van der Waals surface area (Å²) in [5.41, 5.74) is 0.844. The fraction of sp³-hybridized carbons (Fsp3) is 0.600. The summed E-state index contributed by atoms with van der Waals surface area (Å²) in [4.78, 5) is 2.40. The van der Waals surface area contributed by atoms with Gasteiger partial charge in [0.2, 0.25) is 0 Å². The number of aromatic hydroxyl groups is 2. The zero-order chi connectivity index (χ0) is 13.8. The van der Waals surface area contributed by atoms with Gasteiger partial charge in [0.1, 0.15) is 11.5 Å². The molecule has 4 nitrogen and oxygen atoms in total. The third-order valence-corrected chi connectivity index (χ3v) is 4.06. The van der Waals surface area contributed by atoms with E-state index in [0.29, 0.717) is 5.92 Å². The van der Waals surface area contributed by atoms with E-state index in [4.69, 9.17) is 0 Å². The molecule has 0 bridgehead atoms. The lowest BCUT2D eigenvalue weighted by atomic mass is 9.90. The topological polar surface area (TPSA) is 55.7 Å². The van der Waals surface area contributed by atoms with E-state index < -0.39 is 0 Å². The van der Waals surface area contributed by atoms with Gasteiger partial charge in [0.15, 0.2) is 0 Å². The first-order valence-electron chi connectivity index (χ1n) is 7.10. The molecule has 4 heteroatoms. The molecule has 3 N–H and O–H groups in total. The smallest absolute Gasteiger partial charge is 0.120 e. The predicted molar refractivity (Wildman–Crippen MR) is 76.4 cm³/mol. The Bertz CT molecular complexity index is 417. The molecule has 106 valence electrons. The van der Waals surface area contributed by atoms with Gasteiger partial charge in [0.05, 0.1) is 0 Å². The molecule has 1 heterocycles. The van der Waals surface area contributed by atoms with Crippen molar-refractivity contribution < 1.29 is 10.2 Å². The largest absolute Gasteiger partial charge is 0.508 e. The molecule has 19 heavy (non-hydrogen) atoms. The first kappa shape index (κ1) is 14.2. The van der Waals surface area contributed by atoms with Crippen LogP contribution in [0.3, 0.4) is 0 Å². The van der Waals surface area contributed by atoms with Gasteiger partial charge in [0, 0.05) is 37.8 Å². The normalized spacial score (nSPS) is 20.1. The zero-order valence-electron chi connectivity index (χ0n) is 11.8. The van der Waals surface area contributed by atoms with Crippen LogP contribution in [0.1, 0.15) is 31.9 Å². The van der Waals surface area contributed by atoms with Gasteiger partial charge >= 0.3 is 0 Å². The van der Waals surface area contributed by atoms with Gasteiger partial charge in [-0.3, -0.25) is 4.90 Å². The third-order valence-electron chi connectivity index (χ3n) is 4.06. The minimum atomic E-state index is 0.166. The van der Waals surface area contributed by atoms with Crippen molar-refractivity contribution in [3.63, 3.8) is 0 Å². The van der Waals surface area contributed by atoms with Crippen LogP contribution in [0, 0.1) is 5.92 Å². The Labute approximate surface area is 115 Å². The van der Waals surface area contributed by atoms with Gasteiger partial charge in [-0.25, -0.2) is 0 Å². The monoisotopic (exact) mass is 264 g/mol. The van der Waals surface area contributed by atoms with Crippen LogP contribution >= 0.6 is 0 Å². The SMILES string of the molecule is CCC(C)[C@H](c1cc(O)ccc1O)N1CCNCC1. The number of hydrogen-bond donors (Lipinski definition) is 3. The fourth-order valence-corrected chi connectivity index (χ4v) is 2.83. The first-order valence-corrected chi connectivity index (χ1v) is 7.10. The molecule has 0 aromatic heterocycles. The number of phenols is 2. The highest BCUT2D eigenvalue weighted by molar-refractivity contribution is 5.41. The van der Waals surface area contributed by atoms with E-state index in [1.165, 1.54) is 6.07 Å². The molecule has 2 atom stereocenters. The average molecular weight is 264 g/mol. The van der Waals surface area contributed by atoms with E-state index in [9.17, 15) is 10.2 Å². The highest BCUT2D eigenvalue weighted by Crippen LogP contribution is 2.37. The van der Waals surface area contributed by atoms with E-state index in [-0.39, 0.29) is 17.5 Å². The van der Waals surface area contributed by atoms with Crippen LogP contribution in [-0.4, -0.2) is 41.3 Å². The van der Waals surface area contributed by atoms with E-state index >= 15 is 0 Å². The number of benzene rings is 1. The second-order valence-electron chi connectivity index (χ2n) is 5.36. The number of hydrogen-bond acceptors (Lipinski definition) is 4. The van der Waals surface area contributed by atoms with E-state index in [1.54, 1.807) is 12.1 Å². The minimum absolute atomic E-state index is 0.166. The van der Waals surface area contributed by atoms with Crippen LogP contribution in [0.2, 0.25) is 0 Å². The van der Waals surface area contributed by atoms with E-state index in [2.05, 4.69) is 24.1 Å². The average Bonchev–Trinajstić information content (AvgIpc) is 2.44. The highest BCUT2D eigenvalue weighted by atomic mass is 16.3. The van der Waals surface area contributed by atoms with Gasteiger partial charge in [-0.05, 0) is 24.1 Å². The van der Waals surface area contributed by atoms with Gasteiger partial charge in [-0.15, -0.1) is 0 Å². The number of piperazine rings is 1. The Morgan fingerprint density at radius 2 is 1.95 bits per heavy atom.